The van der Waals surface area contributed by atoms with Gasteiger partial charge < -0.3 is 10.0 Å². The van der Waals surface area contributed by atoms with Gasteiger partial charge in [0.15, 0.2) is 0 Å². The third kappa shape index (κ3) is 1.93. The molecule has 1 aliphatic rings. The van der Waals surface area contributed by atoms with Gasteiger partial charge in [-0.15, -0.1) is 0 Å². The number of anilines is 1. The Kier molecular flexibility index (Phi) is 2.79. The molecule has 0 aliphatic heterocycles. The first kappa shape index (κ1) is 9.99. The van der Waals surface area contributed by atoms with E-state index in [2.05, 4.69) is 40.0 Å². The van der Waals surface area contributed by atoms with Crippen LogP contribution >= 0.6 is 15.9 Å². The third-order valence-electron chi connectivity index (χ3n) is 2.71. The predicted molar refractivity (Wildman–Crippen MR) is 61.5 cm³/mol. The fourth-order valence-electron chi connectivity index (χ4n) is 1.56. The van der Waals surface area contributed by atoms with Crippen molar-refractivity contribution in [1.29, 1.82) is 0 Å². The van der Waals surface area contributed by atoms with Crippen LogP contribution in [0, 0.1) is 0 Å². The number of rotatable bonds is 3. The van der Waals surface area contributed by atoms with Crippen LogP contribution in [0.1, 0.15) is 18.4 Å². The molecule has 3 heteroatoms. The smallest absolute Gasteiger partial charge is 0.0692 e. The molecular formula is C11H14BrNO. The molecule has 1 N–H and O–H groups in total. The fraction of sp³-hybridized carbons (Fsp3) is 0.455. The lowest BCUT2D eigenvalue weighted by Crippen LogP contribution is -2.19. The van der Waals surface area contributed by atoms with Gasteiger partial charge in [0.2, 0.25) is 0 Å². The summed E-state index contributed by atoms with van der Waals surface area (Å²) < 4.78 is 0.991. The maximum atomic E-state index is 9.03. The molecule has 1 aromatic rings. The lowest BCUT2D eigenvalue weighted by molar-refractivity contribution is 0.281. The van der Waals surface area contributed by atoms with Crippen LogP contribution in [0.4, 0.5) is 5.69 Å². The van der Waals surface area contributed by atoms with Crippen molar-refractivity contribution in [2.45, 2.75) is 25.5 Å². The van der Waals surface area contributed by atoms with Gasteiger partial charge in [-0.25, -0.2) is 0 Å². The first-order chi connectivity index (χ1) is 6.72. The van der Waals surface area contributed by atoms with Crippen LogP contribution < -0.4 is 4.90 Å². The number of hydrogen-bond acceptors (Lipinski definition) is 2. The van der Waals surface area contributed by atoms with Crippen molar-refractivity contribution in [2.75, 3.05) is 11.9 Å². The standard InChI is InChI=1S/C11H14BrNO/c1-13(9-4-5-9)10-3-2-8(7-14)11(12)6-10/h2-3,6,9,14H,4-5,7H2,1H3. The van der Waals surface area contributed by atoms with Crippen molar-refractivity contribution in [2.24, 2.45) is 0 Å². The molecule has 14 heavy (non-hydrogen) atoms. The number of aliphatic hydroxyl groups is 1. The topological polar surface area (TPSA) is 23.5 Å². The van der Waals surface area contributed by atoms with E-state index in [1.54, 1.807) is 0 Å². The minimum Gasteiger partial charge on any atom is -0.392 e. The highest BCUT2D eigenvalue weighted by atomic mass is 79.9. The summed E-state index contributed by atoms with van der Waals surface area (Å²) in [5.74, 6) is 0. The van der Waals surface area contributed by atoms with Crippen LogP contribution in [-0.4, -0.2) is 18.2 Å². The minimum atomic E-state index is 0.0913. The number of nitrogens with zero attached hydrogens (tertiary/aromatic N) is 1. The predicted octanol–water partition coefficient (Wildman–Crippen LogP) is 2.54. The van der Waals surface area contributed by atoms with Crippen molar-refractivity contribution < 1.29 is 5.11 Å². The molecule has 0 radical (unpaired) electrons. The third-order valence-corrected chi connectivity index (χ3v) is 3.45. The van der Waals surface area contributed by atoms with Gasteiger partial charge in [-0.3, -0.25) is 0 Å². The van der Waals surface area contributed by atoms with E-state index < -0.39 is 0 Å². The van der Waals surface area contributed by atoms with Gasteiger partial charge in [-0.2, -0.15) is 0 Å². The van der Waals surface area contributed by atoms with Crippen molar-refractivity contribution in [3.8, 4) is 0 Å². The molecule has 0 unspecified atom stereocenters. The van der Waals surface area contributed by atoms with E-state index in [1.165, 1.54) is 18.5 Å². The van der Waals surface area contributed by atoms with Gasteiger partial charge in [0.05, 0.1) is 6.61 Å². The minimum absolute atomic E-state index is 0.0913. The Morgan fingerprint density at radius 3 is 2.71 bits per heavy atom. The van der Waals surface area contributed by atoms with E-state index in [4.69, 9.17) is 5.11 Å². The molecule has 1 fully saturated rings. The normalized spacial score (nSPS) is 15.6. The molecule has 1 aromatic carbocycles. The Morgan fingerprint density at radius 2 is 2.21 bits per heavy atom. The zero-order valence-corrected chi connectivity index (χ0v) is 9.79. The molecule has 1 aliphatic carbocycles. The quantitative estimate of drug-likeness (QED) is 0.898. The Bertz CT molecular complexity index is 336. The summed E-state index contributed by atoms with van der Waals surface area (Å²) >= 11 is 3.46. The molecule has 1 saturated carbocycles. The Labute approximate surface area is 92.7 Å². The maximum absolute atomic E-state index is 9.03. The second-order valence-electron chi connectivity index (χ2n) is 3.78. The molecule has 0 amide bonds. The zero-order chi connectivity index (χ0) is 10.1. The second kappa shape index (κ2) is 3.91. The highest BCUT2D eigenvalue weighted by Crippen LogP contribution is 2.32. The van der Waals surface area contributed by atoms with E-state index >= 15 is 0 Å². The first-order valence-corrected chi connectivity index (χ1v) is 5.64. The lowest BCUT2D eigenvalue weighted by atomic mass is 10.2. The van der Waals surface area contributed by atoms with Gasteiger partial charge in [0.1, 0.15) is 0 Å². The highest BCUT2D eigenvalue weighted by Gasteiger charge is 2.26. The molecule has 2 nitrogen and oxygen atoms in total. The lowest BCUT2D eigenvalue weighted by Gasteiger charge is -2.19. The average Bonchev–Trinajstić information content (AvgIpc) is 3.00. The van der Waals surface area contributed by atoms with Gasteiger partial charge in [-0.05, 0) is 30.5 Å². The molecule has 0 saturated heterocycles. The van der Waals surface area contributed by atoms with Gasteiger partial charge >= 0.3 is 0 Å². The summed E-state index contributed by atoms with van der Waals surface area (Å²) in [6, 6.07) is 6.83. The zero-order valence-electron chi connectivity index (χ0n) is 8.20. The van der Waals surface area contributed by atoms with Crippen molar-refractivity contribution in [1.82, 2.24) is 0 Å². The van der Waals surface area contributed by atoms with Crippen LogP contribution in [-0.2, 0) is 6.61 Å². The van der Waals surface area contributed by atoms with Crippen molar-refractivity contribution in [3.63, 3.8) is 0 Å². The molecule has 2 rings (SSSR count). The van der Waals surface area contributed by atoms with Gasteiger partial charge in [0, 0.05) is 23.2 Å². The SMILES string of the molecule is CN(c1ccc(CO)c(Br)c1)C1CC1. The summed E-state index contributed by atoms with van der Waals surface area (Å²) in [4.78, 5) is 2.30. The number of halogens is 1. The Balaban J connectivity index is 2.22. The highest BCUT2D eigenvalue weighted by molar-refractivity contribution is 9.10. The maximum Gasteiger partial charge on any atom is 0.0692 e. The van der Waals surface area contributed by atoms with Crippen LogP contribution in [0.25, 0.3) is 0 Å². The summed E-state index contributed by atoms with van der Waals surface area (Å²) in [5, 5.41) is 9.03. The number of benzene rings is 1. The van der Waals surface area contributed by atoms with Gasteiger partial charge in [0.25, 0.3) is 0 Å². The van der Waals surface area contributed by atoms with Crippen LogP contribution in [0.15, 0.2) is 22.7 Å². The fourth-order valence-corrected chi connectivity index (χ4v) is 2.05. The van der Waals surface area contributed by atoms with E-state index in [-0.39, 0.29) is 6.61 Å². The van der Waals surface area contributed by atoms with Crippen LogP contribution in [0.5, 0.6) is 0 Å². The van der Waals surface area contributed by atoms with E-state index in [9.17, 15) is 0 Å². The second-order valence-corrected chi connectivity index (χ2v) is 4.63. The molecule has 0 aromatic heterocycles. The average molecular weight is 256 g/mol. The largest absolute Gasteiger partial charge is 0.392 e. The van der Waals surface area contributed by atoms with E-state index in [1.807, 2.05) is 6.07 Å². The summed E-state index contributed by atoms with van der Waals surface area (Å²) in [6.45, 7) is 0.0913. The van der Waals surface area contributed by atoms with Crippen molar-refractivity contribution >= 4 is 21.6 Å². The summed E-state index contributed by atoms with van der Waals surface area (Å²) in [7, 11) is 2.12. The molecule has 0 heterocycles. The first-order valence-electron chi connectivity index (χ1n) is 4.84. The monoisotopic (exact) mass is 255 g/mol. The Morgan fingerprint density at radius 1 is 1.50 bits per heavy atom. The molecule has 0 atom stereocenters. The van der Waals surface area contributed by atoms with Crippen LogP contribution in [0.2, 0.25) is 0 Å². The molecule has 0 spiro atoms. The number of aliphatic hydroxyl groups excluding tert-OH is 1. The van der Waals surface area contributed by atoms with Crippen LogP contribution in [0.3, 0.4) is 0 Å². The van der Waals surface area contributed by atoms with E-state index in [0.717, 1.165) is 16.1 Å². The van der Waals surface area contributed by atoms with E-state index in [0.29, 0.717) is 0 Å². The molecular weight excluding hydrogens is 242 g/mol. The van der Waals surface area contributed by atoms with Crippen molar-refractivity contribution in [3.05, 3.63) is 28.2 Å². The summed E-state index contributed by atoms with van der Waals surface area (Å²) in [6.07, 6.45) is 2.60. The molecule has 0 bridgehead atoms. The van der Waals surface area contributed by atoms with Gasteiger partial charge in [-0.1, -0.05) is 22.0 Å². The molecule has 76 valence electrons. The summed E-state index contributed by atoms with van der Waals surface area (Å²) in [5.41, 5.74) is 2.16. The Hall–Kier alpha value is -0.540. The number of hydrogen-bond donors (Lipinski definition) is 1.